The molecule has 0 atom stereocenters. The SMILES string of the molecule is COCCOCCOc1ccc(CNC2CC2)cc1. The van der Waals surface area contributed by atoms with Crippen molar-refractivity contribution < 1.29 is 14.2 Å². The van der Waals surface area contributed by atoms with E-state index in [0.29, 0.717) is 26.4 Å². The number of nitrogens with one attached hydrogen (secondary N) is 1. The molecular formula is C15H23NO3. The summed E-state index contributed by atoms with van der Waals surface area (Å²) >= 11 is 0. The van der Waals surface area contributed by atoms with Gasteiger partial charge < -0.3 is 19.5 Å². The highest BCUT2D eigenvalue weighted by Gasteiger charge is 2.19. The van der Waals surface area contributed by atoms with E-state index >= 15 is 0 Å². The number of benzene rings is 1. The third-order valence-corrected chi connectivity index (χ3v) is 3.02. The van der Waals surface area contributed by atoms with Crippen LogP contribution in [0.3, 0.4) is 0 Å². The zero-order valence-electron chi connectivity index (χ0n) is 11.6. The lowest BCUT2D eigenvalue weighted by Crippen LogP contribution is -2.15. The van der Waals surface area contributed by atoms with Crippen molar-refractivity contribution in [2.24, 2.45) is 0 Å². The highest BCUT2D eigenvalue weighted by molar-refractivity contribution is 5.27. The lowest BCUT2D eigenvalue weighted by Gasteiger charge is -2.08. The fraction of sp³-hybridized carbons (Fsp3) is 0.600. The molecule has 1 fully saturated rings. The van der Waals surface area contributed by atoms with E-state index in [9.17, 15) is 0 Å². The summed E-state index contributed by atoms with van der Waals surface area (Å²) < 4.78 is 15.8. The summed E-state index contributed by atoms with van der Waals surface area (Å²) in [5.74, 6) is 0.894. The molecule has 0 heterocycles. The molecule has 0 aromatic heterocycles. The Labute approximate surface area is 115 Å². The maximum absolute atomic E-state index is 5.59. The average molecular weight is 265 g/mol. The standard InChI is InChI=1S/C15H23NO3/c1-17-8-9-18-10-11-19-15-6-2-13(3-7-15)12-16-14-4-5-14/h2-3,6-7,14,16H,4-5,8-12H2,1H3. The highest BCUT2D eigenvalue weighted by Crippen LogP contribution is 2.19. The maximum Gasteiger partial charge on any atom is 0.119 e. The van der Waals surface area contributed by atoms with Crippen LogP contribution in [0.2, 0.25) is 0 Å². The van der Waals surface area contributed by atoms with Gasteiger partial charge in [0.15, 0.2) is 0 Å². The number of methoxy groups -OCH3 is 1. The molecule has 4 heteroatoms. The normalized spacial score (nSPS) is 14.6. The van der Waals surface area contributed by atoms with Gasteiger partial charge in [-0.15, -0.1) is 0 Å². The molecule has 19 heavy (non-hydrogen) atoms. The lowest BCUT2D eigenvalue weighted by atomic mass is 10.2. The van der Waals surface area contributed by atoms with E-state index in [2.05, 4.69) is 17.4 Å². The summed E-state index contributed by atoms with van der Waals surface area (Å²) in [6.07, 6.45) is 2.65. The largest absolute Gasteiger partial charge is 0.491 e. The van der Waals surface area contributed by atoms with Gasteiger partial charge in [-0.1, -0.05) is 12.1 Å². The first-order valence-electron chi connectivity index (χ1n) is 6.90. The van der Waals surface area contributed by atoms with Gasteiger partial charge in [0.1, 0.15) is 12.4 Å². The number of hydrogen-bond acceptors (Lipinski definition) is 4. The summed E-state index contributed by atoms with van der Waals surface area (Å²) in [5.41, 5.74) is 1.30. The molecule has 4 nitrogen and oxygen atoms in total. The van der Waals surface area contributed by atoms with Gasteiger partial charge in [-0.2, -0.15) is 0 Å². The van der Waals surface area contributed by atoms with Crippen molar-refractivity contribution in [2.45, 2.75) is 25.4 Å². The Balaban J connectivity index is 1.58. The van der Waals surface area contributed by atoms with E-state index in [1.54, 1.807) is 7.11 Å². The van der Waals surface area contributed by atoms with Crippen molar-refractivity contribution >= 4 is 0 Å². The van der Waals surface area contributed by atoms with Crippen LogP contribution in [0.25, 0.3) is 0 Å². The second kappa shape index (κ2) is 8.15. The van der Waals surface area contributed by atoms with Gasteiger partial charge in [-0.25, -0.2) is 0 Å². The van der Waals surface area contributed by atoms with Crippen molar-refractivity contribution in [1.29, 1.82) is 0 Å². The van der Waals surface area contributed by atoms with Crippen LogP contribution in [0.5, 0.6) is 5.75 Å². The van der Waals surface area contributed by atoms with Gasteiger partial charge in [-0.05, 0) is 30.5 Å². The van der Waals surface area contributed by atoms with Gasteiger partial charge in [0.2, 0.25) is 0 Å². The molecular weight excluding hydrogens is 242 g/mol. The quantitative estimate of drug-likeness (QED) is 0.657. The Kier molecular flexibility index (Phi) is 6.14. The Morgan fingerprint density at radius 3 is 2.47 bits per heavy atom. The van der Waals surface area contributed by atoms with E-state index < -0.39 is 0 Å². The van der Waals surface area contributed by atoms with Crippen LogP contribution in [0, 0.1) is 0 Å². The fourth-order valence-electron chi connectivity index (χ4n) is 1.72. The van der Waals surface area contributed by atoms with E-state index in [4.69, 9.17) is 14.2 Å². The summed E-state index contributed by atoms with van der Waals surface area (Å²) in [7, 11) is 1.67. The minimum Gasteiger partial charge on any atom is -0.491 e. The summed E-state index contributed by atoms with van der Waals surface area (Å²) in [6, 6.07) is 8.99. The number of rotatable bonds is 10. The predicted octanol–water partition coefficient (Wildman–Crippen LogP) is 1.98. The summed E-state index contributed by atoms with van der Waals surface area (Å²) in [4.78, 5) is 0. The molecule has 0 amide bonds. The zero-order chi connectivity index (χ0) is 13.3. The predicted molar refractivity (Wildman–Crippen MR) is 74.5 cm³/mol. The molecule has 2 rings (SSSR count). The topological polar surface area (TPSA) is 39.7 Å². The van der Waals surface area contributed by atoms with Crippen LogP contribution in [-0.2, 0) is 16.0 Å². The smallest absolute Gasteiger partial charge is 0.119 e. The second-order valence-electron chi connectivity index (χ2n) is 4.75. The number of hydrogen-bond donors (Lipinski definition) is 1. The number of ether oxygens (including phenoxy) is 3. The molecule has 1 saturated carbocycles. The third-order valence-electron chi connectivity index (χ3n) is 3.02. The van der Waals surface area contributed by atoms with E-state index in [0.717, 1.165) is 18.3 Å². The van der Waals surface area contributed by atoms with Gasteiger partial charge in [0.25, 0.3) is 0 Å². The molecule has 0 spiro atoms. The molecule has 1 aliphatic rings. The van der Waals surface area contributed by atoms with E-state index in [-0.39, 0.29) is 0 Å². The Hall–Kier alpha value is -1.10. The molecule has 1 aromatic carbocycles. The molecule has 0 unspecified atom stereocenters. The van der Waals surface area contributed by atoms with Gasteiger partial charge in [0, 0.05) is 19.7 Å². The fourth-order valence-corrected chi connectivity index (χ4v) is 1.72. The molecule has 0 saturated heterocycles. The van der Waals surface area contributed by atoms with Gasteiger partial charge >= 0.3 is 0 Å². The summed E-state index contributed by atoms with van der Waals surface area (Å²) in [6.45, 7) is 3.36. The van der Waals surface area contributed by atoms with Crippen LogP contribution < -0.4 is 10.1 Å². The Morgan fingerprint density at radius 1 is 1.05 bits per heavy atom. The van der Waals surface area contributed by atoms with Crippen LogP contribution in [0.4, 0.5) is 0 Å². The first-order chi connectivity index (χ1) is 9.38. The van der Waals surface area contributed by atoms with Crippen molar-refractivity contribution in [2.75, 3.05) is 33.5 Å². The van der Waals surface area contributed by atoms with Crippen LogP contribution in [0.1, 0.15) is 18.4 Å². The van der Waals surface area contributed by atoms with E-state index in [1.165, 1.54) is 18.4 Å². The van der Waals surface area contributed by atoms with Crippen LogP contribution in [-0.4, -0.2) is 39.6 Å². The molecule has 1 N–H and O–H groups in total. The van der Waals surface area contributed by atoms with E-state index in [1.807, 2.05) is 12.1 Å². The van der Waals surface area contributed by atoms with Crippen LogP contribution in [0.15, 0.2) is 24.3 Å². The monoisotopic (exact) mass is 265 g/mol. The van der Waals surface area contributed by atoms with Crippen molar-refractivity contribution in [3.8, 4) is 5.75 Å². The summed E-state index contributed by atoms with van der Waals surface area (Å²) in [5, 5.41) is 3.49. The Bertz CT molecular complexity index is 349. The van der Waals surface area contributed by atoms with Crippen molar-refractivity contribution in [1.82, 2.24) is 5.32 Å². The van der Waals surface area contributed by atoms with Crippen LogP contribution >= 0.6 is 0 Å². The molecule has 0 aliphatic heterocycles. The first kappa shape index (κ1) is 14.3. The zero-order valence-corrected chi connectivity index (χ0v) is 11.6. The first-order valence-corrected chi connectivity index (χ1v) is 6.90. The second-order valence-corrected chi connectivity index (χ2v) is 4.75. The molecule has 0 radical (unpaired) electrons. The maximum atomic E-state index is 5.59. The molecule has 0 bridgehead atoms. The third kappa shape index (κ3) is 6.05. The Morgan fingerprint density at radius 2 is 1.79 bits per heavy atom. The molecule has 106 valence electrons. The van der Waals surface area contributed by atoms with Crippen molar-refractivity contribution in [3.63, 3.8) is 0 Å². The minimum absolute atomic E-state index is 0.573. The molecule has 1 aromatic rings. The van der Waals surface area contributed by atoms with Gasteiger partial charge in [0.05, 0.1) is 19.8 Å². The minimum atomic E-state index is 0.573. The average Bonchev–Trinajstić information content (AvgIpc) is 3.26. The molecule has 1 aliphatic carbocycles. The lowest BCUT2D eigenvalue weighted by molar-refractivity contribution is 0.0544. The van der Waals surface area contributed by atoms with Gasteiger partial charge in [-0.3, -0.25) is 0 Å². The van der Waals surface area contributed by atoms with Crippen molar-refractivity contribution in [3.05, 3.63) is 29.8 Å². The highest BCUT2D eigenvalue weighted by atomic mass is 16.5.